The maximum atomic E-state index is 14.3. The molecule has 48 heavy (non-hydrogen) atoms. The van der Waals surface area contributed by atoms with Crippen molar-refractivity contribution < 1.29 is 22.8 Å². The largest absolute Gasteiger partial charge is 0.375 e. The van der Waals surface area contributed by atoms with Gasteiger partial charge in [-0.25, -0.2) is 23.2 Å². The number of nitrogen functional groups attached to an aromatic ring is 1. The van der Waals surface area contributed by atoms with Crippen LogP contribution in [0.15, 0.2) is 72.8 Å². The molecule has 2 aliphatic heterocycles. The standard InChI is InChI=1S/C33H34N8O5S2/c1-3-16-39(33(44)35-18-23-8-5-4-6-9-23)40-21-29(42)41-26(17-22-12-14-25(15-13-22)37-48(2,45)46)31(43)38(20-28(40)41)19-24-10-7-11-27-30(24)36-32(34)47-27/h1,4-15,26,28,37H,16-21H2,2H3,(H2,34,36)(H,35,44)/t26-,28+/m0/s1. The normalized spacial score (nSPS) is 18.1. The summed E-state index contributed by atoms with van der Waals surface area (Å²) in [6.45, 7) is 0.326. The number of hydrazine groups is 1. The summed E-state index contributed by atoms with van der Waals surface area (Å²) in [5.41, 5.74) is 9.50. The number of hydrogen-bond donors (Lipinski definition) is 3. The molecule has 2 atom stereocenters. The van der Waals surface area contributed by atoms with Crippen molar-refractivity contribution in [2.24, 2.45) is 0 Å². The summed E-state index contributed by atoms with van der Waals surface area (Å²) in [6.07, 6.45) is 6.24. The van der Waals surface area contributed by atoms with Crippen molar-refractivity contribution >= 4 is 60.2 Å². The summed E-state index contributed by atoms with van der Waals surface area (Å²) >= 11 is 1.36. The van der Waals surface area contributed by atoms with Gasteiger partial charge in [-0.1, -0.05) is 71.9 Å². The van der Waals surface area contributed by atoms with Crippen LogP contribution in [0.1, 0.15) is 16.7 Å². The second kappa shape index (κ2) is 13.5. The Morgan fingerprint density at radius 2 is 1.83 bits per heavy atom. The zero-order valence-electron chi connectivity index (χ0n) is 26.1. The van der Waals surface area contributed by atoms with Crippen LogP contribution < -0.4 is 15.8 Å². The number of anilines is 2. The molecule has 3 aromatic carbocycles. The third kappa shape index (κ3) is 7.05. The Morgan fingerprint density at radius 1 is 1.08 bits per heavy atom. The lowest BCUT2D eigenvalue weighted by Gasteiger charge is -2.46. The number of benzene rings is 3. The molecule has 2 fully saturated rings. The van der Waals surface area contributed by atoms with E-state index in [9.17, 15) is 22.8 Å². The molecule has 2 aliphatic rings. The van der Waals surface area contributed by atoms with Crippen LogP contribution in [0, 0.1) is 12.3 Å². The summed E-state index contributed by atoms with van der Waals surface area (Å²) in [7, 11) is -3.48. The topological polar surface area (TPSA) is 161 Å². The number of para-hydroxylation sites is 1. The highest BCUT2D eigenvalue weighted by Crippen LogP contribution is 2.32. The Hall–Kier alpha value is -5.17. The Balaban J connectivity index is 1.31. The third-order valence-corrected chi connectivity index (χ3v) is 9.66. The highest BCUT2D eigenvalue weighted by atomic mass is 32.2. The van der Waals surface area contributed by atoms with E-state index in [2.05, 4.69) is 20.9 Å². The molecule has 0 unspecified atom stereocenters. The van der Waals surface area contributed by atoms with E-state index < -0.39 is 28.3 Å². The molecule has 0 spiro atoms. The van der Waals surface area contributed by atoms with Crippen molar-refractivity contribution in [2.45, 2.75) is 31.7 Å². The van der Waals surface area contributed by atoms with Crippen molar-refractivity contribution in [1.29, 1.82) is 0 Å². The number of hydrogen-bond acceptors (Lipinski definition) is 9. The number of sulfonamides is 1. The minimum Gasteiger partial charge on any atom is -0.375 e. The molecule has 0 aliphatic carbocycles. The van der Waals surface area contributed by atoms with Crippen molar-refractivity contribution in [1.82, 2.24) is 30.1 Å². The molecular weight excluding hydrogens is 653 g/mol. The van der Waals surface area contributed by atoms with Gasteiger partial charge in [0.1, 0.15) is 12.2 Å². The average Bonchev–Trinajstić information content (AvgIpc) is 3.60. The van der Waals surface area contributed by atoms with Gasteiger partial charge in [0.05, 0.1) is 36.1 Å². The number of aromatic nitrogens is 1. The first-order valence-electron chi connectivity index (χ1n) is 15.1. The van der Waals surface area contributed by atoms with Crippen LogP contribution in [0.2, 0.25) is 0 Å². The van der Waals surface area contributed by atoms with Crippen LogP contribution in [0.5, 0.6) is 0 Å². The second-order valence-corrected chi connectivity index (χ2v) is 14.4. The molecule has 4 aromatic rings. The molecule has 6 rings (SSSR count). The zero-order valence-corrected chi connectivity index (χ0v) is 27.7. The molecule has 4 amide bonds. The fourth-order valence-corrected chi connectivity index (χ4v) is 7.47. The Morgan fingerprint density at radius 3 is 2.54 bits per heavy atom. The first kappa shape index (κ1) is 32.8. The van der Waals surface area contributed by atoms with Crippen LogP contribution in [0.3, 0.4) is 0 Å². The van der Waals surface area contributed by atoms with Gasteiger partial charge in [0.25, 0.3) is 0 Å². The summed E-state index contributed by atoms with van der Waals surface area (Å²) < 4.78 is 26.7. The van der Waals surface area contributed by atoms with Gasteiger partial charge in [0, 0.05) is 25.2 Å². The van der Waals surface area contributed by atoms with Crippen LogP contribution in [-0.2, 0) is 39.1 Å². The number of urea groups is 1. The Kier molecular flexibility index (Phi) is 9.22. The lowest BCUT2D eigenvalue weighted by Crippen LogP contribution is -2.66. The summed E-state index contributed by atoms with van der Waals surface area (Å²) in [5, 5.41) is 6.30. The molecule has 0 radical (unpaired) electrons. The third-order valence-electron chi connectivity index (χ3n) is 8.21. The van der Waals surface area contributed by atoms with E-state index >= 15 is 0 Å². The van der Waals surface area contributed by atoms with Crippen LogP contribution in [0.4, 0.5) is 15.6 Å². The van der Waals surface area contributed by atoms with E-state index in [4.69, 9.17) is 12.2 Å². The van der Waals surface area contributed by atoms with Crippen LogP contribution in [0.25, 0.3) is 10.2 Å². The predicted octanol–water partition coefficient (Wildman–Crippen LogP) is 2.43. The molecular formula is C33H34N8O5S2. The zero-order chi connectivity index (χ0) is 34.0. The van der Waals surface area contributed by atoms with Crippen LogP contribution in [-0.4, -0.2) is 89.2 Å². The van der Waals surface area contributed by atoms with E-state index in [1.165, 1.54) is 21.2 Å². The van der Waals surface area contributed by atoms with E-state index in [0.29, 0.717) is 16.3 Å². The number of thiazole rings is 1. The number of piperazine rings is 1. The summed E-state index contributed by atoms with van der Waals surface area (Å²) in [6, 6.07) is 20.4. The van der Waals surface area contributed by atoms with E-state index in [0.717, 1.165) is 27.6 Å². The van der Waals surface area contributed by atoms with Gasteiger partial charge in [-0.05, 0) is 34.9 Å². The first-order chi connectivity index (χ1) is 23.0. The van der Waals surface area contributed by atoms with Gasteiger partial charge in [-0.15, -0.1) is 6.42 Å². The van der Waals surface area contributed by atoms with Gasteiger partial charge >= 0.3 is 6.03 Å². The number of carbonyl (C=O) groups excluding carboxylic acids is 3. The predicted molar refractivity (Wildman–Crippen MR) is 183 cm³/mol. The Labute approximate surface area is 282 Å². The van der Waals surface area contributed by atoms with E-state index in [1.807, 2.05) is 48.5 Å². The second-order valence-electron chi connectivity index (χ2n) is 11.6. The number of amides is 4. The number of carbonyl (C=O) groups is 3. The molecule has 4 N–H and O–H groups in total. The maximum absolute atomic E-state index is 14.3. The summed E-state index contributed by atoms with van der Waals surface area (Å²) in [4.78, 5) is 49.3. The van der Waals surface area contributed by atoms with E-state index in [1.54, 1.807) is 34.2 Å². The van der Waals surface area contributed by atoms with Crippen molar-refractivity contribution in [2.75, 3.05) is 36.3 Å². The van der Waals surface area contributed by atoms with Gasteiger partial charge in [-0.3, -0.25) is 14.3 Å². The molecule has 0 saturated carbocycles. The first-order valence-corrected chi connectivity index (χ1v) is 17.8. The average molecular weight is 687 g/mol. The minimum absolute atomic E-state index is 0.0942. The summed E-state index contributed by atoms with van der Waals surface area (Å²) in [5.74, 6) is 1.95. The van der Waals surface area contributed by atoms with Gasteiger partial charge in [0.2, 0.25) is 21.8 Å². The number of nitrogens with zero attached hydrogens (tertiary/aromatic N) is 5. The number of terminal acetylenes is 1. The lowest BCUT2D eigenvalue weighted by atomic mass is 9.99. The highest BCUT2D eigenvalue weighted by molar-refractivity contribution is 7.92. The smallest absolute Gasteiger partial charge is 0.333 e. The lowest BCUT2D eigenvalue weighted by molar-refractivity contribution is -0.157. The number of nitrogens with two attached hydrogens (primary N) is 1. The van der Waals surface area contributed by atoms with Crippen molar-refractivity contribution in [3.05, 3.63) is 89.5 Å². The SMILES string of the molecule is C#CCN(C(=O)NCc1ccccc1)N1CC(=O)N2[C@@H](Cc3ccc(NS(C)(=O)=O)cc3)C(=O)N(Cc3cccc4sc(N)nc34)C[C@@H]21. The number of fused-ring (bicyclic) bond motifs is 2. The van der Waals surface area contributed by atoms with Crippen molar-refractivity contribution in [3.8, 4) is 12.3 Å². The van der Waals surface area contributed by atoms with Crippen LogP contribution >= 0.6 is 11.3 Å². The van der Waals surface area contributed by atoms with Crippen molar-refractivity contribution in [3.63, 3.8) is 0 Å². The molecule has 2 saturated heterocycles. The monoisotopic (exact) mass is 686 g/mol. The molecule has 15 heteroatoms. The number of rotatable bonds is 10. The number of nitrogens with one attached hydrogen (secondary N) is 2. The fourth-order valence-electron chi connectivity index (χ4n) is 6.12. The minimum atomic E-state index is -3.48. The molecule has 0 bridgehead atoms. The Bertz CT molecular complexity index is 2000. The highest BCUT2D eigenvalue weighted by Gasteiger charge is 2.52. The molecule has 13 nitrogen and oxygen atoms in total. The molecule has 1 aromatic heterocycles. The maximum Gasteiger partial charge on any atom is 0.333 e. The van der Waals surface area contributed by atoms with Gasteiger partial charge in [-0.2, -0.15) is 5.01 Å². The molecule has 248 valence electrons. The van der Waals surface area contributed by atoms with Gasteiger partial charge in [0.15, 0.2) is 5.13 Å². The molecule has 3 heterocycles. The fraction of sp³-hybridized carbons (Fsp3) is 0.273. The van der Waals surface area contributed by atoms with Gasteiger partial charge < -0.3 is 20.9 Å². The quantitative estimate of drug-likeness (QED) is 0.215. The van der Waals surface area contributed by atoms with E-state index in [-0.39, 0.29) is 51.0 Å².